The van der Waals surface area contributed by atoms with Gasteiger partial charge in [-0.2, -0.15) is 13.2 Å². The number of piperidine rings is 1. The Kier molecular flexibility index (Phi) is 3.85. The van der Waals surface area contributed by atoms with Crippen LogP contribution in [0.5, 0.6) is 0 Å². The van der Waals surface area contributed by atoms with Crippen LogP contribution in [0.3, 0.4) is 0 Å². The van der Waals surface area contributed by atoms with Crippen LogP contribution < -0.4 is 0 Å². The SMILES string of the molecule is C[C@H]1C[C@@]2(CCN1C(=O)O)OCC(O)c1sc(C(F)(F)F)cc12. The van der Waals surface area contributed by atoms with E-state index in [1.807, 2.05) is 0 Å². The number of rotatable bonds is 0. The third kappa shape index (κ3) is 2.70. The van der Waals surface area contributed by atoms with Crippen molar-refractivity contribution in [2.75, 3.05) is 13.2 Å². The number of aliphatic hydroxyl groups is 1. The van der Waals surface area contributed by atoms with Crippen molar-refractivity contribution >= 4 is 17.4 Å². The minimum Gasteiger partial charge on any atom is -0.465 e. The van der Waals surface area contributed by atoms with E-state index < -0.39 is 28.9 Å². The average Bonchev–Trinajstić information content (AvgIpc) is 2.90. The quantitative estimate of drug-likeness (QED) is 0.753. The van der Waals surface area contributed by atoms with Crippen molar-refractivity contribution in [1.29, 1.82) is 0 Å². The molecule has 1 fully saturated rings. The van der Waals surface area contributed by atoms with Crippen molar-refractivity contribution < 1.29 is 32.9 Å². The van der Waals surface area contributed by atoms with Crippen molar-refractivity contribution in [3.8, 4) is 0 Å². The fourth-order valence-electron chi connectivity index (χ4n) is 3.41. The molecule has 2 N–H and O–H groups in total. The lowest BCUT2D eigenvalue weighted by molar-refractivity contribution is -0.138. The molecule has 2 aliphatic heterocycles. The van der Waals surface area contributed by atoms with E-state index in [0.29, 0.717) is 16.9 Å². The summed E-state index contributed by atoms with van der Waals surface area (Å²) in [6, 6.07) is 0.671. The van der Waals surface area contributed by atoms with Crippen molar-refractivity contribution in [2.24, 2.45) is 0 Å². The molecular formula is C14H16F3NO4S. The largest absolute Gasteiger partial charge is 0.465 e. The summed E-state index contributed by atoms with van der Waals surface area (Å²) in [5, 5.41) is 19.1. The van der Waals surface area contributed by atoms with E-state index in [9.17, 15) is 23.1 Å². The van der Waals surface area contributed by atoms with Gasteiger partial charge in [0.1, 0.15) is 11.0 Å². The lowest BCUT2D eigenvalue weighted by Crippen LogP contribution is -2.52. The Hall–Kier alpha value is -1.32. The molecule has 1 unspecified atom stereocenters. The number of halogens is 3. The highest BCUT2D eigenvalue weighted by atomic mass is 32.1. The number of thiophene rings is 1. The van der Waals surface area contributed by atoms with E-state index in [2.05, 4.69) is 0 Å². The third-order valence-electron chi connectivity index (χ3n) is 4.51. The van der Waals surface area contributed by atoms with E-state index in [1.54, 1.807) is 6.92 Å². The molecule has 3 heterocycles. The number of fused-ring (bicyclic) bond motifs is 2. The summed E-state index contributed by atoms with van der Waals surface area (Å²) in [7, 11) is 0. The second kappa shape index (κ2) is 5.35. The Labute approximate surface area is 134 Å². The molecule has 9 heteroatoms. The monoisotopic (exact) mass is 351 g/mol. The number of amides is 1. The molecule has 128 valence electrons. The summed E-state index contributed by atoms with van der Waals surface area (Å²) >= 11 is 0.541. The molecule has 3 rings (SSSR count). The van der Waals surface area contributed by atoms with Gasteiger partial charge in [-0.15, -0.1) is 11.3 Å². The van der Waals surface area contributed by atoms with Gasteiger partial charge in [-0.3, -0.25) is 0 Å². The number of ether oxygens (including phenoxy) is 1. The summed E-state index contributed by atoms with van der Waals surface area (Å²) in [4.78, 5) is 11.9. The maximum absolute atomic E-state index is 13.0. The normalized spacial score (nSPS) is 31.3. The van der Waals surface area contributed by atoms with Crippen LogP contribution in [0.2, 0.25) is 0 Å². The summed E-state index contributed by atoms with van der Waals surface area (Å²) in [5.41, 5.74) is -0.606. The maximum Gasteiger partial charge on any atom is 0.425 e. The van der Waals surface area contributed by atoms with Gasteiger partial charge in [0, 0.05) is 29.4 Å². The van der Waals surface area contributed by atoms with Gasteiger partial charge in [-0.05, 0) is 19.4 Å². The van der Waals surface area contributed by atoms with E-state index in [4.69, 9.17) is 9.84 Å². The number of nitrogens with zero attached hydrogens (tertiary/aromatic N) is 1. The molecule has 0 radical (unpaired) electrons. The molecule has 1 spiro atoms. The van der Waals surface area contributed by atoms with Gasteiger partial charge < -0.3 is 19.8 Å². The molecule has 0 saturated carbocycles. The van der Waals surface area contributed by atoms with Crippen LogP contribution in [0.25, 0.3) is 0 Å². The van der Waals surface area contributed by atoms with E-state index >= 15 is 0 Å². The highest BCUT2D eigenvalue weighted by molar-refractivity contribution is 7.12. The zero-order valence-corrected chi connectivity index (χ0v) is 13.1. The van der Waals surface area contributed by atoms with E-state index in [-0.39, 0.29) is 36.9 Å². The first-order chi connectivity index (χ1) is 10.6. The van der Waals surface area contributed by atoms with E-state index in [0.717, 1.165) is 6.07 Å². The van der Waals surface area contributed by atoms with Crippen LogP contribution in [0.4, 0.5) is 18.0 Å². The van der Waals surface area contributed by atoms with Gasteiger partial charge in [0.15, 0.2) is 0 Å². The van der Waals surface area contributed by atoms with Gasteiger partial charge in [-0.25, -0.2) is 4.79 Å². The topological polar surface area (TPSA) is 70.0 Å². The predicted molar refractivity (Wildman–Crippen MR) is 75.3 cm³/mol. The Morgan fingerprint density at radius 1 is 1.52 bits per heavy atom. The number of carboxylic acid groups (broad SMARTS) is 1. The minimum atomic E-state index is -4.48. The lowest BCUT2D eigenvalue weighted by Gasteiger charge is -2.47. The van der Waals surface area contributed by atoms with Crippen LogP contribution in [0, 0.1) is 0 Å². The fourth-order valence-corrected chi connectivity index (χ4v) is 4.50. The second-order valence-electron chi connectivity index (χ2n) is 5.99. The predicted octanol–water partition coefficient (Wildman–Crippen LogP) is 3.19. The van der Waals surface area contributed by atoms with Crippen molar-refractivity contribution in [3.05, 3.63) is 21.4 Å². The molecule has 1 saturated heterocycles. The summed E-state index contributed by atoms with van der Waals surface area (Å²) in [5.74, 6) is 0. The van der Waals surface area contributed by atoms with E-state index in [1.165, 1.54) is 4.90 Å². The zero-order chi connectivity index (χ0) is 17.0. The molecule has 1 aromatic rings. The molecule has 0 aliphatic carbocycles. The van der Waals surface area contributed by atoms with Crippen LogP contribution in [0.15, 0.2) is 6.07 Å². The first kappa shape index (κ1) is 16.5. The number of hydrogen-bond donors (Lipinski definition) is 2. The highest BCUT2D eigenvalue weighted by Gasteiger charge is 2.49. The first-order valence-corrected chi connectivity index (χ1v) is 7.99. The Morgan fingerprint density at radius 3 is 2.78 bits per heavy atom. The van der Waals surface area contributed by atoms with Crippen molar-refractivity contribution in [1.82, 2.24) is 4.90 Å². The third-order valence-corrected chi connectivity index (χ3v) is 5.79. The van der Waals surface area contributed by atoms with Gasteiger partial charge in [0.05, 0.1) is 12.2 Å². The molecular weight excluding hydrogens is 335 g/mol. The molecule has 0 bridgehead atoms. The fraction of sp³-hybridized carbons (Fsp3) is 0.643. The van der Waals surface area contributed by atoms with Crippen molar-refractivity contribution in [2.45, 2.75) is 43.7 Å². The summed E-state index contributed by atoms with van der Waals surface area (Å²) in [6.45, 7) is 1.81. The van der Waals surface area contributed by atoms with Crippen LogP contribution in [-0.2, 0) is 16.5 Å². The summed E-state index contributed by atoms with van der Waals surface area (Å²) < 4.78 is 44.8. The molecule has 1 aromatic heterocycles. The van der Waals surface area contributed by atoms with Crippen molar-refractivity contribution in [3.63, 3.8) is 0 Å². The molecule has 3 atom stereocenters. The maximum atomic E-state index is 13.0. The molecule has 1 amide bonds. The van der Waals surface area contributed by atoms with Gasteiger partial charge in [0.25, 0.3) is 0 Å². The Bertz CT molecular complexity index is 632. The van der Waals surface area contributed by atoms with Gasteiger partial charge in [0.2, 0.25) is 0 Å². The standard InChI is InChI=1S/C14H16F3NO4S/c1-7-5-13(2-3-18(7)12(20)21)8-4-10(14(15,16)17)23-11(8)9(19)6-22-13/h4,7,9,19H,2-3,5-6H2,1H3,(H,20,21)/t7-,9?,13+/m0/s1. The molecule has 2 aliphatic rings. The highest BCUT2D eigenvalue weighted by Crippen LogP contribution is 2.51. The zero-order valence-electron chi connectivity index (χ0n) is 12.3. The van der Waals surface area contributed by atoms with Gasteiger partial charge >= 0.3 is 12.3 Å². The Balaban J connectivity index is 1.99. The second-order valence-corrected chi connectivity index (χ2v) is 7.07. The van der Waals surface area contributed by atoms with Crippen LogP contribution in [-0.4, -0.2) is 40.4 Å². The average molecular weight is 351 g/mol. The number of carbonyl (C=O) groups is 1. The van der Waals surface area contributed by atoms with Crippen LogP contribution >= 0.6 is 11.3 Å². The van der Waals surface area contributed by atoms with Gasteiger partial charge in [-0.1, -0.05) is 0 Å². The number of hydrogen-bond acceptors (Lipinski definition) is 4. The summed E-state index contributed by atoms with van der Waals surface area (Å²) in [6.07, 6.45) is -6.06. The molecule has 5 nitrogen and oxygen atoms in total. The smallest absolute Gasteiger partial charge is 0.425 e. The number of alkyl halides is 3. The minimum absolute atomic E-state index is 0.0788. The Morgan fingerprint density at radius 2 is 2.22 bits per heavy atom. The number of aliphatic hydroxyl groups excluding tert-OH is 1. The first-order valence-electron chi connectivity index (χ1n) is 7.17. The van der Waals surface area contributed by atoms with Crippen LogP contribution in [0.1, 0.15) is 41.2 Å². The molecule has 0 aromatic carbocycles. The molecule has 23 heavy (non-hydrogen) atoms. The lowest BCUT2D eigenvalue weighted by atomic mass is 9.79. The number of likely N-dealkylation sites (tertiary alicyclic amines) is 1.